The number of nitro groups is 1. The number of benzene rings is 1. The Morgan fingerprint density at radius 3 is 2.79 bits per heavy atom. The molecule has 0 spiro atoms. The number of hydrogen-bond donors (Lipinski definition) is 3. The average Bonchev–Trinajstić information content (AvgIpc) is 2.11. The maximum Gasteiger partial charge on any atom is 0.335 e. The molecule has 0 saturated carbocycles. The smallest absolute Gasteiger partial charge is 0.335 e. The lowest BCUT2D eigenvalue weighted by molar-refractivity contribution is -0.384. The van der Waals surface area contributed by atoms with Crippen molar-refractivity contribution in [2.24, 2.45) is 0 Å². The first-order chi connectivity index (χ1) is 6.57. The number of nitro benzene ring substituents is 1. The molecule has 1 aromatic carbocycles. The normalized spacial score (nSPS) is 9.79. The Kier molecular flexibility index (Phi) is 2.76. The van der Waals surface area contributed by atoms with E-state index in [2.05, 4.69) is 5.32 Å². The third-order valence-electron chi connectivity index (χ3n) is 1.73. The average molecular weight is 197 g/mol. The van der Waals surface area contributed by atoms with Crippen molar-refractivity contribution in [3.8, 4) is 5.75 Å². The number of phenols is 1. The summed E-state index contributed by atoms with van der Waals surface area (Å²) in [6.07, 6.45) is 0. The van der Waals surface area contributed by atoms with Crippen molar-refractivity contribution in [1.29, 1.82) is 0 Å². The summed E-state index contributed by atoms with van der Waals surface area (Å²) in [5, 5.41) is 22.8. The predicted octanol–water partition coefficient (Wildman–Crippen LogP) is 1.31. The standard InChI is InChI=1S/C8H11N3O3/c1-2-10-6-4-3-5(9)8(12)7(6)11(13)14/h3-4,10,12H,2,9H2,1H3. The van der Waals surface area contributed by atoms with Crippen LogP contribution >= 0.6 is 0 Å². The molecule has 0 fully saturated rings. The van der Waals surface area contributed by atoms with Crippen LogP contribution in [0.2, 0.25) is 0 Å². The van der Waals surface area contributed by atoms with Crippen LogP contribution in [0.25, 0.3) is 0 Å². The van der Waals surface area contributed by atoms with Gasteiger partial charge in [-0.15, -0.1) is 0 Å². The van der Waals surface area contributed by atoms with Crippen LogP contribution in [0, 0.1) is 10.1 Å². The zero-order chi connectivity index (χ0) is 10.7. The van der Waals surface area contributed by atoms with Gasteiger partial charge < -0.3 is 16.2 Å². The summed E-state index contributed by atoms with van der Waals surface area (Å²) in [6, 6.07) is 2.89. The zero-order valence-corrected chi connectivity index (χ0v) is 7.65. The number of nitrogen functional groups attached to an aromatic ring is 1. The molecule has 4 N–H and O–H groups in total. The lowest BCUT2D eigenvalue weighted by atomic mass is 10.2. The minimum absolute atomic E-state index is 0.00152. The summed E-state index contributed by atoms with van der Waals surface area (Å²) in [7, 11) is 0. The van der Waals surface area contributed by atoms with Gasteiger partial charge in [-0.25, -0.2) is 0 Å². The van der Waals surface area contributed by atoms with Crippen LogP contribution in [0.15, 0.2) is 12.1 Å². The molecule has 0 heterocycles. The Balaban J connectivity index is 3.30. The van der Waals surface area contributed by atoms with Crippen molar-refractivity contribution < 1.29 is 10.0 Å². The minimum atomic E-state index is -0.663. The zero-order valence-electron chi connectivity index (χ0n) is 7.65. The van der Waals surface area contributed by atoms with E-state index in [0.717, 1.165) is 0 Å². The summed E-state index contributed by atoms with van der Waals surface area (Å²) >= 11 is 0. The van der Waals surface area contributed by atoms with Gasteiger partial charge in [-0.3, -0.25) is 10.1 Å². The second kappa shape index (κ2) is 3.82. The second-order valence-corrected chi connectivity index (χ2v) is 2.69. The van der Waals surface area contributed by atoms with Gasteiger partial charge in [0.15, 0.2) is 0 Å². The van der Waals surface area contributed by atoms with Gasteiger partial charge in [0, 0.05) is 6.54 Å². The Morgan fingerprint density at radius 1 is 1.64 bits per heavy atom. The molecule has 0 aliphatic rings. The van der Waals surface area contributed by atoms with Crippen molar-refractivity contribution in [2.45, 2.75) is 6.92 Å². The highest BCUT2D eigenvalue weighted by Gasteiger charge is 2.21. The maximum absolute atomic E-state index is 10.6. The van der Waals surface area contributed by atoms with Gasteiger partial charge in [0.25, 0.3) is 0 Å². The van der Waals surface area contributed by atoms with E-state index in [1.807, 2.05) is 0 Å². The fourth-order valence-corrected chi connectivity index (χ4v) is 1.11. The lowest BCUT2D eigenvalue weighted by Gasteiger charge is -2.06. The fraction of sp³-hybridized carbons (Fsp3) is 0.250. The molecule has 1 aromatic rings. The predicted molar refractivity (Wildman–Crippen MR) is 53.3 cm³/mol. The van der Waals surface area contributed by atoms with Gasteiger partial charge in [-0.1, -0.05) is 0 Å². The molecule has 0 amide bonds. The van der Waals surface area contributed by atoms with E-state index < -0.39 is 10.7 Å². The van der Waals surface area contributed by atoms with Gasteiger partial charge in [0.1, 0.15) is 5.69 Å². The van der Waals surface area contributed by atoms with E-state index in [1.54, 1.807) is 6.92 Å². The molecule has 0 bridgehead atoms. The van der Waals surface area contributed by atoms with Gasteiger partial charge in [0.05, 0.1) is 10.6 Å². The van der Waals surface area contributed by atoms with Gasteiger partial charge in [-0.05, 0) is 19.1 Å². The van der Waals surface area contributed by atoms with E-state index in [9.17, 15) is 15.2 Å². The molecular formula is C8H11N3O3. The first kappa shape index (κ1) is 10.1. The largest absolute Gasteiger partial charge is 0.501 e. The van der Waals surface area contributed by atoms with E-state index in [0.29, 0.717) is 6.54 Å². The van der Waals surface area contributed by atoms with E-state index in [1.165, 1.54) is 12.1 Å². The van der Waals surface area contributed by atoms with E-state index in [-0.39, 0.29) is 17.1 Å². The van der Waals surface area contributed by atoms with Crippen molar-refractivity contribution >= 4 is 17.1 Å². The Labute approximate surface area is 80.5 Å². The number of nitrogens with two attached hydrogens (primary N) is 1. The van der Waals surface area contributed by atoms with E-state index >= 15 is 0 Å². The fourth-order valence-electron chi connectivity index (χ4n) is 1.11. The number of hydrogen-bond acceptors (Lipinski definition) is 5. The Bertz CT molecular complexity index is 365. The summed E-state index contributed by atoms with van der Waals surface area (Å²) in [5.41, 5.74) is 5.22. The third-order valence-corrected chi connectivity index (χ3v) is 1.73. The molecule has 6 nitrogen and oxygen atoms in total. The van der Waals surface area contributed by atoms with Crippen LogP contribution in [0.1, 0.15) is 6.92 Å². The maximum atomic E-state index is 10.6. The molecule has 0 radical (unpaired) electrons. The molecule has 1 rings (SSSR count). The summed E-state index contributed by atoms with van der Waals surface area (Å²) in [4.78, 5) is 9.96. The topological polar surface area (TPSA) is 101 Å². The van der Waals surface area contributed by atoms with Crippen LogP contribution in [0.3, 0.4) is 0 Å². The number of nitrogens with zero attached hydrogens (tertiary/aromatic N) is 1. The first-order valence-corrected chi connectivity index (χ1v) is 4.07. The monoisotopic (exact) mass is 197 g/mol. The molecule has 76 valence electrons. The minimum Gasteiger partial charge on any atom is -0.501 e. The summed E-state index contributed by atoms with van der Waals surface area (Å²) in [6.45, 7) is 2.33. The first-order valence-electron chi connectivity index (χ1n) is 4.07. The molecule has 0 atom stereocenters. The highest BCUT2D eigenvalue weighted by Crippen LogP contribution is 2.38. The number of anilines is 2. The molecule has 0 aliphatic carbocycles. The SMILES string of the molecule is CCNc1ccc(N)c(O)c1[N+](=O)[O-]. The highest BCUT2D eigenvalue weighted by atomic mass is 16.6. The molecular weight excluding hydrogens is 186 g/mol. The van der Waals surface area contributed by atoms with Crippen LogP contribution in [0.4, 0.5) is 17.1 Å². The Morgan fingerprint density at radius 2 is 2.29 bits per heavy atom. The second-order valence-electron chi connectivity index (χ2n) is 2.69. The number of rotatable bonds is 3. The number of nitrogens with one attached hydrogen (secondary N) is 1. The van der Waals surface area contributed by atoms with Crippen LogP contribution < -0.4 is 11.1 Å². The summed E-state index contributed by atoms with van der Waals surface area (Å²) < 4.78 is 0. The van der Waals surface area contributed by atoms with Gasteiger partial charge in [-0.2, -0.15) is 0 Å². The van der Waals surface area contributed by atoms with Crippen LogP contribution in [0.5, 0.6) is 5.75 Å². The third kappa shape index (κ3) is 1.68. The van der Waals surface area contributed by atoms with Gasteiger partial charge >= 0.3 is 5.69 Å². The highest BCUT2D eigenvalue weighted by molar-refractivity contribution is 5.76. The van der Waals surface area contributed by atoms with Crippen molar-refractivity contribution in [1.82, 2.24) is 0 Å². The summed E-state index contributed by atoms with van der Waals surface area (Å²) in [5.74, 6) is -0.492. The molecule has 6 heteroatoms. The van der Waals surface area contributed by atoms with Crippen molar-refractivity contribution in [3.05, 3.63) is 22.2 Å². The number of aromatic hydroxyl groups is 1. The number of phenolic OH excluding ortho intramolecular Hbond substituents is 1. The van der Waals surface area contributed by atoms with Gasteiger partial charge in [0.2, 0.25) is 5.75 Å². The molecule has 14 heavy (non-hydrogen) atoms. The Hall–Kier alpha value is -1.98. The molecule has 0 unspecified atom stereocenters. The van der Waals surface area contributed by atoms with E-state index in [4.69, 9.17) is 5.73 Å². The van der Waals surface area contributed by atoms with Crippen LogP contribution in [-0.2, 0) is 0 Å². The van der Waals surface area contributed by atoms with Crippen molar-refractivity contribution in [2.75, 3.05) is 17.6 Å². The van der Waals surface area contributed by atoms with Crippen molar-refractivity contribution in [3.63, 3.8) is 0 Å². The molecule has 0 saturated heterocycles. The lowest BCUT2D eigenvalue weighted by Crippen LogP contribution is -2.02. The van der Waals surface area contributed by atoms with Crippen LogP contribution in [-0.4, -0.2) is 16.6 Å². The molecule has 0 aliphatic heterocycles. The molecule has 0 aromatic heterocycles. The quantitative estimate of drug-likeness (QED) is 0.293.